The zero-order valence-corrected chi connectivity index (χ0v) is 12.6. The Morgan fingerprint density at radius 3 is 2.50 bits per heavy atom. The molecule has 0 saturated heterocycles. The van der Waals surface area contributed by atoms with E-state index in [1.54, 1.807) is 13.0 Å². The zero-order valence-electron chi connectivity index (χ0n) is 11.0. The third-order valence-corrected chi connectivity index (χ3v) is 3.23. The first-order chi connectivity index (χ1) is 9.28. The van der Waals surface area contributed by atoms with Crippen LogP contribution in [0.1, 0.15) is 30.8 Å². The van der Waals surface area contributed by atoms with Crippen LogP contribution < -0.4 is 10.6 Å². The minimum absolute atomic E-state index is 0.0566. The largest absolute Gasteiger partial charge is 0.480 e. The van der Waals surface area contributed by atoms with Crippen molar-refractivity contribution in [2.75, 3.05) is 6.54 Å². The van der Waals surface area contributed by atoms with E-state index in [1.807, 2.05) is 0 Å². The van der Waals surface area contributed by atoms with E-state index in [2.05, 4.69) is 26.6 Å². The van der Waals surface area contributed by atoms with Crippen LogP contribution in [0.15, 0.2) is 21.2 Å². The van der Waals surface area contributed by atoms with Crippen molar-refractivity contribution in [1.29, 1.82) is 0 Å². The van der Waals surface area contributed by atoms with Crippen LogP contribution in [0, 0.1) is 0 Å². The number of furan rings is 1. The molecule has 110 valence electrons. The smallest absolute Gasteiger partial charge is 0.329 e. The van der Waals surface area contributed by atoms with Crippen molar-refractivity contribution < 1.29 is 23.9 Å². The topological polar surface area (TPSA) is 109 Å². The molecule has 0 aliphatic rings. The van der Waals surface area contributed by atoms with E-state index in [0.29, 0.717) is 4.67 Å². The molecule has 7 nitrogen and oxygen atoms in total. The van der Waals surface area contributed by atoms with Gasteiger partial charge in [0.25, 0.3) is 5.91 Å². The standard InChI is InChI=1S/C12H15BrN2O5/c1-3-12(2,11(18)19)15-9(16)6-14-10(17)7-4-5-8(13)20-7/h4-5H,3,6H2,1-2H3,(H,14,17)(H,15,16)(H,18,19). The van der Waals surface area contributed by atoms with E-state index >= 15 is 0 Å². The number of nitrogens with one attached hydrogen (secondary N) is 2. The summed E-state index contributed by atoms with van der Waals surface area (Å²) in [4.78, 5) is 34.3. The normalized spacial score (nSPS) is 13.3. The van der Waals surface area contributed by atoms with E-state index in [4.69, 9.17) is 9.52 Å². The highest BCUT2D eigenvalue weighted by Gasteiger charge is 2.32. The maximum Gasteiger partial charge on any atom is 0.329 e. The summed E-state index contributed by atoms with van der Waals surface area (Å²) >= 11 is 3.05. The summed E-state index contributed by atoms with van der Waals surface area (Å²) in [5.74, 6) is -2.22. The second-order valence-electron chi connectivity index (χ2n) is 4.33. The highest BCUT2D eigenvalue weighted by atomic mass is 79.9. The second kappa shape index (κ2) is 6.56. The Morgan fingerprint density at radius 2 is 2.05 bits per heavy atom. The van der Waals surface area contributed by atoms with Gasteiger partial charge in [-0.3, -0.25) is 9.59 Å². The number of hydrogen-bond donors (Lipinski definition) is 3. The molecule has 0 radical (unpaired) electrons. The SMILES string of the molecule is CCC(C)(NC(=O)CNC(=O)c1ccc(Br)o1)C(=O)O. The molecule has 8 heteroatoms. The molecular weight excluding hydrogens is 332 g/mol. The Balaban J connectivity index is 2.51. The number of rotatable bonds is 6. The summed E-state index contributed by atoms with van der Waals surface area (Å²) in [6.07, 6.45) is 0.229. The van der Waals surface area contributed by atoms with Crippen LogP contribution in [0.5, 0.6) is 0 Å². The van der Waals surface area contributed by atoms with Gasteiger partial charge in [-0.25, -0.2) is 4.79 Å². The number of halogens is 1. The Hall–Kier alpha value is -1.83. The average Bonchev–Trinajstić information content (AvgIpc) is 2.82. The first-order valence-electron chi connectivity index (χ1n) is 5.86. The second-order valence-corrected chi connectivity index (χ2v) is 5.11. The quantitative estimate of drug-likeness (QED) is 0.715. The van der Waals surface area contributed by atoms with Crippen molar-refractivity contribution in [3.8, 4) is 0 Å². The average molecular weight is 347 g/mol. The number of hydrogen-bond acceptors (Lipinski definition) is 4. The molecule has 3 N–H and O–H groups in total. The fourth-order valence-corrected chi connectivity index (χ4v) is 1.64. The first-order valence-corrected chi connectivity index (χ1v) is 6.65. The summed E-state index contributed by atoms with van der Waals surface area (Å²) in [5.41, 5.74) is -1.35. The lowest BCUT2D eigenvalue weighted by Crippen LogP contribution is -2.54. The van der Waals surface area contributed by atoms with Gasteiger partial charge in [-0.1, -0.05) is 6.92 Å². The lowest BCUT2D eigenvalue weighted by atomic mass is 9.99. The van der Waals surface area contributed by atoms with Crippen molar-refractivity contribution in [3.05, 3.63) is 22.6 Å². The molecule has 0 aliphatic carbocycles. The summed E-state index contributed by atoms with van der Waals surface area (Å²) in [6.45, 7) is 2.71. The van der Waals surface area contributed by atoms with Gasteiger partial charge < -0.3 is 20.2 Å². The summed E-state index contributed by atoms with van der Waals surface area (Å²) in [7, 11) is 0. The van der Waals surface area contributed by atoms with Crippen LogP contribution in [0.3, 0.4) is 0 Å². The maximum absolute atomic E-state index is 11.6. The molecule has 1 unspecified atom stereocenters. The third kappa shape index (κ3) is 4.09. The molecule has 20 heavy (non-hydrogen) atoms. The fourth-order valence-electron chi connectivity index (χ4n) is 1.33. The molecule has 2 amide bonds. The van der Waals surface area contributed by atoms with Gasteiger partial charge in [-0.15, -0.1) is 0 Å². The number of aliphatic carboxylic acids is 1. The van der Waals surface area contributed by atoms with Crippen LogP contribution in [0.4, 0.5) is 0 Å². The Bertz CT molecular complexity index is 528. The van der Waals surface area contributed by atoms with Crippen molar-refractivity contribution >= 4 is 33.7 Å². The van der Waals surface area contributed by atoms with Gasteiger partial charge >= 0.3 is 5.97 Å². The number of amides is 2. The zero-order chi connectivity index (χ0) is 15.3. The predicted octanol–water partition coefficient (Wildman–Crippen LogP) is 1.14. The molecule has 1 rings (SSSR count). The van der Waals surface area contributed by atoms with Gasteiger partial charge in [0.05, 0.1) is 6.54 Å². The lowest BCUT2D eigenvalue weighted by molar-refractivity contribution is -0.146. The van der Waals surface area contributed by atoms with Gasteiger partial charge in [-0.2, -0.15) is 0 Å². The van der Waals surface area contributed by atoms with E-state index in [1.165, 1.54) is 13.0 Å². The van der Waals surface area contributed by atoms with Crippen LogP contribution >= 0.6 is 15.9 Å². The number of carbonyl (C=O) groups excluding carboxylic acids is 2. The number of carboxylic acid groups (broad SMARTS) is 1. The molecule has 0 bridgehead atoms. The molecule has 1 heterocycles. The minimum atomic E-state index is -1.35. The fraction of sp³-hybridized carbons (Fsp3) is 0.417. The molecule has 1 aromatic heterocycles. The minimum Gasteiger partial charge on any atom is -0.480 e. The molecular formula is C12H15BrN2O5. The molecule has 0 spiro atoms. The number of carboxylic acids is 1. The number of carbonyl (C=O) groups is 3. The molecule has 0 saturated carbocycles. The van der Waals surface area contributed by atoms with E-state index in [0.717, 1.165) is 0 Å². The first kappa shape index (κ1) is 16.2. The van der Waals surface area contributed by atoms with Gasteiger partial charge in [-0.05, 0) is 41.4 Å². The molecule has 0 aliphatic heterocycles. The van der Waals surface area contributed by atoms with Crippen LogP contribution in [0.25, 0.3) is 0 Å². The molecule has 0 fully saturated rings. The van der Waals surface area contributed by atoms with E-state index in [9.17, 15) is 14.4 Å². The Kier molecular flexibility index (Phi) is 5.32. The Labute approximate surface area is 123 Å². The lowest BCUT2D eigenvalue weighted by Gasteiger charge is -2.24. The molecule has 0 aromatic carbocycles. The van der Waals surface area contributed by atoms with E-state index in [-0.39, 0.29) is 18.7 Å². The maximum atomic E-state index is 11.6. The predicted molar refractivity (Wildman–Crippen MR) is 73.2 cm³/mol. The summed E-state index contributed by atoms with van der Waals surface area (Å²) in [5, 5.41) is 13.7. The van der Waals surface area contributed by atoms with Gasteiger partial charge in [0.15, 0.2) is 10.4 Å². The molecule has 1 atom stereocenters. The Morgan fingerprint density at radius 1 is 1.40 bits per heavy atom. The van der Waals surface area contributed by atoms with Crippen LogP contribution in [-0.4, -0.2) is 35.0 Å². The van der Waals surface area contributed by atoms with Crippen LogP contribution in [-0.2, 0) is 9.59 Å². The van der Waals surface area contributed by atoms with Crippen LogP contribution in [0.2, 0.25) is 0 Å². The van der Waals surface area contributed by atoms with E-state index < -0.39 is 23.3 Å². The highest BCUT2D eigenvalue weighted by Crippen LogP contribution is 2.13. The van der Waals surface area contributed by atoms with Crippen molar-refractivity contribution in [1.82, 2.24) is 10.6 Å². The van der Waals surface area contributed by atoms with Crippen molar-refractivity contribution in [2.45, 2.75) is 25.8 Å². The summed E-state index contributed by atoms with van der Waals surface area (Å²) < 4.78 is 5.42. The van der Waals surface area contributed by atoms with Gasteiger partial charge in [0.2, 0.25) is 5.91 Å². The third-order valence-electron chi connectivity index (χ3n) is 2.80. The monoisotopic (exact) mass is 346 g/mol. The highest BCUT2D eigenvalue weighted by molar-refractivity contribution is 9.10. The van der Waals surface area contributed by atoms with Crippen molar-refractivity contribution in [2.24, 2.45) is 0 Å². The summed E-state index contributed by atoms with van der Waals surface area (Å²) in [6, 6.07) is 3.00. The van der Waals surface area contributed by atoms with Gasteiger partial charge in [0.1, 0.15) is 5.54 Å². The molecule has 1 aromatic rings. The van der Waals surface area contributed by atoms with Gasteiger partial charge in [0, 0.05) is 0 Å². The van der Waals surface area contributed by atoms with Crippen molar-refractivity contribution in [3.63, 3.8) is 0 Å².